The first-order valence-corrected chi connectivity index (χ1v) is 9.24. The summed E-state index contributed by atoms with van der Waals surface area (Å²) in [6.07, 6.45) is 3.04. The van der Waals surface area contributed by atoms with Gasteiger partial charge in [-0.15, -0.1) is 0 Å². The number of hydrogen-bond acceptors (Lipinski definition) is 4. The second-order valence-electron chi connectivity index (χ2n) is 6.15. The summed E-state index contributed by atoms with van der Waals surface area (Å²) in [5, 5.41) is 9.38. The van der Waals surface area contributed by atoms with Gasteiger partial charge in [0.25, 0.3) is 5.91 Å². The third-order valence-corrected chi connectivity index (χ3v) is 3.91. The monoisotopic (exact) mass is 362 g/mol. The molecule has 1 aliphatic rings. The SMILES string of the molecule is CCOCCNC(=NC)NCCc1ccc(OCC(=O)NC2CC2)cc1. The van der Waals surface area contributed by atoms with Crippen molar-refractivity contribution in [2.75, 3.05) is 40.0 Å². The lowest BCUT2D eigenvalue weighted by atomic mass is 10.1. The first-order valence-electron chi connectivity index (χ1n) is 9.24. The second kappa shape index (κ2) is 11.4. The minimum Gasteiger partial charge on any atom is -0.484 e. The summed E-state index contributed by atoms with van der Waals surface area (Å²) in [7, 11) is 1.75. The molecule has 1 aromatic carbocycles. The van der Waals surface area contributed by atoms with E-state index in [1.165, 1.54) is 5.56 Å². The van der Waals surface area contributed by atoms with E-state index in [2.05, 4.69) is 20.9 Å². The minimum atomic E-state index is -0.0519. The fraction of sp³-hybridized carbons (Fsp3) is 0.579. The summed E-state index contributed by atoms with van der Waals surface area (Å²) in [4.78, 5) is 15.8. The Morgan fingerprint density at radius 3 is 2.58 bits per heavy atom. The maximum atomic E-state index is 11.6. The lowest BCUT2D eigenvalue weighted by molar-refractivity contribution is -0.123. The molecule has 26 heavy (non-hydrogen) atoms. The van der Waals surface area contributed by atoms with Crippen LogP contribution in [0.2, 0.25) is 0 Å². The molecular weight excluding hydrogens is 332 g/mol. The molecule has 0 bridgehead atoms. The Kier molecular flexibility index (Phi) is 8.75. The van der Waals surface area contributed by atoms with Crippen LogP contribution >= 0.6 is 0 Å². The van der Waals surface area contributed by atoms with Gasteiger partial charge in [-0.25, -0.2) is 0 Å². The number of nitrogens with zero attached hydrogens (tertiary/aromatic N) is 1. The standard InChI is InChI=1S/C19H30N4O3/c1-3-25-13-12-22-19(20-2)21-11-10-15-4-8-17(9-5-15)26-14-18(24)23-16-6-7-16/h4-5,8-9,16H,3,6-7,10-14H2,1-2H3,(H,23,24)(H2,20,21,22). The third-order valence-electron chi connectivity index (χ3n) is 3.91. The highest BCUT2D eigenvalue weighted by atomic mass is 16.5. The predicted octanol–water partition coefficient (Wildman–Crippen LogP) is 1.09. The van der Waals surface area contributed by atoms with Crippen molar-refractivity contribution in [3.05, 3.63) is 29.8 Å². The number of nitrogens with one attached hydrogen (secondary N) is 3. The average molecular weight is 362 g/mol. The summed E-state index contributed by atoms with van der Waals surface area (Å²) in [5.41, 5.74) is 1.19. The van der Waals surface area contributed by atoms with Gasteiger partial charge >= 0.3 is 0 Å². The predicted molar refractivity (Wildman–Crippen MR) is 103 cm³/mol. The Balaban J connectivity index is 1.62. The van der Waals surface area contributed by atoms with Crippen molar-refractivity contribution < 1.29 is 14.3 Å². The Hall–Kier alpha value is -2.28. The highest BCUT2D eigenvalue weighted by Gasteiger charge is 2.23. The molecule has 2 rings (SSSR count). The fourth-order valence-electron chi connectivity index (χ4n) is 2.33. The molecule has 0 spiro atoms. The number of carbonyl (C=O) groups excluding carboxylic acids is 1. The molecule has 0 radical (unpaired) electrons. The Labute approximate surface area is 155 Å². The number of ether oxygens (including phenoxy) is 2. The van der Waals surface area contributed by atoms with E-state index in [1.807, 2.05) is 31.2 Å². The van der Waals surface area contributed by atoms with Crippen molar-refractivity contribution in [2.24, 2.45) is 4.99 Å². The van der Waals surface area contributed by atoms with Crippen LogP contribution in [0.5, 0.6) is 5.75 Å². The summed E-state index contributed by atoms with van der Waals surface area (Å²) in [6, 6.07) is 8.19. The molecule has 0 aliphatic heterocycles. The summed E-state index contributed by atoms with van der Waals surface area (Å²) in [5.74, 6) is 1.43. The number of hydrogen-bond donors (Lipinski definition) is 3. The van der Waals surface area contributed by atoms with Gasteiger partial charge in [-0.2, -0.15) is 0 Å². The van der Waals surface area contributed by atoms with E-state index in [1.54, 1.807) is 7.05 Å². The van der Waals surface area contributed by atoms with Gasteiger partial charge in [0.1, 0.15) is 5.75 Å². The first kappa shape index (κ1) is 20.0. The summed E-state index contributed by atoms with van der Waals surface area (Å²) in [6.45, 7) is 4.94. The van der Waals surface area contributed by atoms with E-state index in [4.69, 9.17) is 9.47 Å². The van der Waals surface area contributed by atoms with E-state index in [0.29, 0.717) is 18.4 Å². The van der Waals surface area contributed by atoms with Crippen molar-refractivity contribution in [1.29, 1.82) is 0 Å². The normalized spacial score (nSPS) is 14.0. The topological polar surface area (TPSA) is 84.0 Å². The second-order valence-corrected chi connectivity index (χ2v) is 6.15. The van der Waals surface area contributed by atoms with Crippen LogP contribution in [-0.4, -0.2) is 57.9 Å². The molecular formula is C19H30N4O3. The largest absolute Gasteiger partial charge is 0.484 e. The number of aliphatic imine (C=N–C) groups is 1. The van der Waals surface area contributed by atoms with E-state index in [9.17, 15) is 4.79 Å². The molecule has 1 saturated carbocycles. The molecule has 7 heteroatoms. The van der Waals surface area contributed by atoms with Crippen molar-refractivity contribution in [1.82, 2.24) is 16.0 Å². The van der Waals surface area contributed by atoms with Crippen molar-refractivity contribution >= 4 is 11.9 Å². The minimum absolute atomic E-state index is 0.0519. The van der Waals surface area contributed by atoms with Gasteiger partial charge < -0.3 is 25.4 Å². The number of benzene rings is 1. The highest BCUT2D eigenvalue weighted by molar-refractivity contribution is 5.79. The third kappa shape index (κ3) is 8.20. The molecule has 0 atom stereocenters. The van der Waals surface area contributed by atoms with Crippen LogP contribution in [0.25, 0.3) is 0 Å². The van der Waals surface area contributed by atoms with Gasteiger partial charge in [-0.05, 0) is 43.9 Å². The average Bonchev–Trinajstić information content (AvgIpc) is 3.47. The van der Waals surface area contributed by atoms with Crippen LogP contribution in [0.4, 0.5) is 0 Å². The highest BCUT2D eigenvalue weighted by Crippen LogP contribution is 2.18. The van der Waals surface area contributed by atoms with Crippen LogP contribution in [0.1, 0.15) is 25.3 Å². The molecule has 1 amide bonds. The maximum Gasteiger partial charge on any atom is 0.258 e. The Morgan fingerprint density at radius 1 is 1.19 bits per heavy atom. The van der Waals surface area contributed by atoms with Gasteiger partial charge in [0, 0.05) is 32.8 Å². The van der Waals surface area contributed by atoms with Gasteiger partial charge in [0.2, 0.25) is 0 Å². The molecule has 0 unspecified atom stereocenters. The van der Waals surface area contributed by atoms with Crippen molar-refractivity contribution in [2.45, 2.75) is 32.2 Å². The van der Waals surface area contributed by atoms with Crippen LogP contribution in [-0.2, 0) is 16.0 Å². The van der Waals surface area contributed by atoms with Gasteiger partial charge in [-0.3, -0.25) is 9.79 Å². The zero-order chi connectivity index (χ0) is 18.6. The molecule has 7 nitrogen and oxygen atoms in total. The number of amides is 1. The number of rotatable bonds is 11. The van der Waals surface area contributed by atoms with E-state index in [0.717, 1.165) is 44.9 Å². The lowest BCUT2D eigenvalue weighted by Gasteiger charge is -2.12. The lowest BCUT2D eigenvalue weighted by Crippen LogP contribution is -2.39. The number of guanidine groups is 1. The van der Waals surface area contributed by atoms with E-state index >= 15 is 0 Å². The van der Waals surface area contributed by atoms with Gasteiger partial charge in [0.05, 0.1) is 6.61 Å². The van der Waals surface area contributed by atoms with Crippen LogP contribution < -0.4 is 20.7 Å². The molecule has 144 valence electrons. The smallest absolute Gasteiger partial charge is 0.258 e. The van der Waals surface area contributed by atoms with E-state index in [-0.39, 0.29) is 12.5 Å². The Morgan fingerprint density at radius 2 is 1.92 bits per heavy atom. The Bertz CT molecular complexity index is 571. The molecule has 1 aromatic rings. The van der Waals surface area contributed by atoms with Gasteiger partial charge in [-0.1, -0.05) is 12.1 Å². The molecule has 0 heterocycles. The first-order chi connectivity index (χ1) is 12.7. The van der Waals surface area contributed by atoms with Crippen LogP contribution in [0.3, 0.4) is 0 Å². The van der Waals surface area contributed by atoms with Gasteiger partial charge in [0.15, 0.2) is 12.6 Å². The maximum absolute atomic E-state index is 11.6. The molecule has 1 fully saturated rings. The van der Waals surface area contributed by atoms with Crippen LogP contribution in [0, 0.1) is 0 Å². The van der Waals surface area contributed by atoms with E-state index < -0.39 is 0 Å². The fourth-order valence-corrected chi connectivity index (χ4v) is 2.33. The molecule has 0 aromatic heterocycles. The molecule has 0 saturated heterocycles. The summed E-state index contributed by atoms with van der Waals surface area (Å²) < 4.78 is 10.8. The molecule has 3 N–H and O–H groups in total. The zero-order valence-electron chi connectivity index (χ0n) is 15.7. The zero-order valence-corrected chi connectivity index (χ0v) is 15.7. The quantitative estimate of drug-likeness (QED) is 0.312. The molecule has 1 aliphatic carbocycles. The number of carbonyl (C=O) groups is 1. The van der Waals surface area contributed by atoms with Crippen molar-refractivity contribution in [3.8, 4) is 5.75 Å². The van der Waals surface area contributed by atoms with Crippen LogP contribution in [0.15, 0.2) is 29.3 Å². The van der Waals surface area contributed by atoms with Crippen molar-refractivity contribution in [3.63, 3.8) is 0 Å². The summed E-state index contributed by atoms with van der Waals surface area (Å²) >= 11 is 0.